The normalized spacial score (nSPS) is 25.6. The van der Waals surface area contributed by atoms with E-state index in [0.29, 0.717) is 13.0 Å². The Kier molecular flexibility index (Phi) is 3.39. The number of likely N-dealkylation sites (tertiary alicyclic amines) is 1. The Morgan fingerprint density at radius 1 is 1.43 bits per heavy atom. The molecule has 0 saturated carbocycles. The van der Waals surface area contributed by atoms with Crippen LogP contribution < -0.4 is 0 Å². The molecule has 1 aliphatic rings. The van der Waals surface area contributed by atoms with Gasteiger partial charge in [-0.25, -0.2) is 4.57 Å². The Hall–Kier alpha value is 0.0700. The molecule has 1 heterocycles. The molecule has 0 spiro atoms. The SMILES string of the molecule is CC(C)(C)N1CC[C@@H](OP(=O)(O)O)C1. The van der Waals surface area contributed by atoms with Crippen molar-refractivity contribution in [2.75, 3.05) is 13.1 Å². The van der Waals surface area contributed by atoms with Gasteiger partial charge in [-0.15, -0.1) is 0 Å². The third kappa shape index (κ3) is 3.67. The molecule has 14 heavy (non-hydrogen) atoms. The van der Waals surface area contributed by atoms with E-state index in [4.69, 9.17) is 9.79 Å². The first-order valence-corrected chi connectivity index (χ1v) is 6.20. The second kappa shape index (κ2) is 3.91. The van der Waals surface area contributed by atoms with Gasteiger partial charge in [0.05, 0.1) is 6.10 Å². The molecule has 0 aliphatic carbocycles. The molecule has 0 radical (unpaired) electrons. The predicted molar refractivity (Wildman–Crippen MR) is 52.9 cm³/mol. The van der Waals surface area contributed by atoms with Crippen molar-refractivity contribution in [3.63, 3.8) is 0 Å². The second-order valence-corrected chi connectivity index (χ2v) is 5.82. The number of nitrogens with zero attached hydrogens (tertiary/aromatic N) is 1. The molecule has 2 N–H and O–H groups in total. The van der Waals surface area contributed by atoms with Crippen molar-refractivity contribution >= 4 is 7.82 Å². The van der Waals surface area contributed by atoms with E-state index < -0.39 is 7.82 Å². The molecule has 1 atom stereocenters. The summed E-state index contributed by atoms with van der Waals surface area (Å²) in [5.74, 6) is 0. The average Bonchev–Trinajstić information content (AvgIpc) is 2.29. The van der Waals surface area contributed by atoms with Crippen molar-refractivity contribution in [3.05, 3.63) is 0 Å². The Morgan fingerprint density at radius 3 is 2.36 bits per heavy atom. The van der Waals surface area contributed by atoms with Crippen molar-refractivity contribution in [2.24, 2.45) is 0 Å². The molecular formula is C8H18NO4P. The minimum absolute atomic E-state index is 0.0347. The molecule has 1 aliphatic heterocycles. The van der Waals surface area contributed by atoms with Crippen LogP contribution in [-0.4, -0.2) is 39.4 Å². The third-order valence-electron chi connectivity index (χ3n) is 2.38. The quantitative estimate of drug-likeness (QED) is 0.682. The molecule has 84 valence electrons. The molecule has 0 bridgehead atoms. The van der Waals surface area contributed by atoms with Gasteiger partial charge in [0.1, 0.15) is 0 Å². The van der Waals surface area contributed by atoms with Crippen LogP contribution >= 0.6 is 7.82 Å². The molecule has 1 rings (SSSR count). The summed E-state index contributed by atoms with van der Waals surface area (Å²) in [6.45, 7) is 7.65. The molecule has 0 aromatic carbocycles. The minimum atomic E-state index is -4.32. The van der Waals surface area contributed by atoms with Crippen LogP contribution in [-0.2, 0) is 9.09 Å². The fraction of sp³-hybridized carbons (Fsp3) is 1.00. The predicted octanol–water partition coefficient (Wildman–Crippen LogP) is 0.968. The lowest BCUT2D eigenvalue weighted by Gasteiger charge is -2.31. The Balaban J connectivity index is 2.46. The zero-order valence-electron chi connectivity index (χ0n) is 8.80. The molecule has 0 unspecified atom stereocenters. The van der Waals surface area contributed by atoms with Gasteiger partial charge in [-0.1, -0.05) is 0 Å². The van der Waals surface area contributed by atoms with E-state index in [-0.39, 0.29) is 11.6 Å². The summed E-state index contributed by atoms with van der Waals surface area (Å²) in [4.78, 5) is 19.4. The van der Waals surface area contributed by atoms with Gasteiger partial charge in [-0.2, -0.15) is 0 Å². The Morgan fingerprint density at radius 2 is 2.00 bits per heavy atom. The molecule has 5 nitrogen and oxygen atoms in total. The van der Waals surface area contributed by atoms with E-state index in [9.17, 15) is 4.57 Å². The van der Waals surface area contributed by atoms with Crippen molar-refractivity contribution in [1.29, 1.82) is 0 Å². The first-order chi connectivity index (χ1) is 6.18. The third-order valence-corrected chi connectivity index (χ3v) is 2.95. The van der Waals surface area contributed by atoms with E-state index in [2.05, 4.69) is 30.2 Å². The first kappa shape index (κ1) is 12.1. The second-order valence-electron chi connectivity index (χ2n) is 4.62. The van der Waals surface area contributed by atoms with Gasteiger partial charge in [0.2, 0.25) is 0 Å². The maximum Gasteiger partial charge on any atom is 0.469 e. The van der Waals surface area contributed by atoms with E-state index in [1.165, 1.54) is 0 Å². The molecule has 0 amide bonds. The van der Waals surface area contributed by atoms with Gasteiger partial charge < -0.3 is 9.79 Å². The fourth-order valence-corrected chi connectivity index (χ4v) is 2.18. The summed E-state index contributed by atoms with van der Waals surface area (Å²) in [6, 6.07) is 0. The molecular weight excluding hydrogens is 205 g/mol. The molecule has 6 heteroatoms. The van der Waals surface area contributed by atoms with Crippen LogP contribution in [0.3, 0.4) is 0 Å². The monoisotopic (exact) mass is 223 g/mol. The number of hydrogen-bond donors (Lipinski definition) is 2. The van der Waals surface area contributed by atoms with Crippen LogP contribution in [0, 0.1) is 0 Å². The van der Waals surface area contributed by atoms with Gasteiger partial charge in [0.15, 0.2) is 0 Å². The zero-order valence-corrected chi connectivity index (χ0v) is 9.70. The lowest BCUT2D eigenvalue weighted by molar-refractivity contribution is 0.113. The van der Waals surface area contributed by atoms with Crippen molar-refractivity contribution in [3.8, 4) is 0 Å². The average molecular weight is 223 g/mol. The van der Waals surface area contributed by atoms with Gasteiger partial charge >= 0.3 is 7.82 Å². The highest BCUT2D eigenvalue weighted by Gasteiger charge is 2.33. The topological polar surface area (TPSA) is 70.0 Å². The number of phosphoric ester groups is 1. The highest BCUT2D eigenvalue weighted by atomic mass is 31.2. The van der Waals surface area contributed by atoms with E-state index in [1.807, 2.05) is 0 Å². The largest absolute Gasteiger partial charge is 0.469 e. The van der Waals surface area contributed by atoms with Crippen LogP contribution in [0.5, 0.6) is 0 Å². The van der Waals surface area contributed by atoms with Crippen molar-refractivity contribution in [1.82, 2.24) is 4.90 Å². The van der Waals surface area contributed by atoms with E-state index in [0.717, 1.165) is 6.54 Å². The van der Waals surface area contributed by atoms with Crippen LogP contribution in [0.4, 0.5) is 0 Å². The summed E-state index contributed by atoms with van der Waals surface area (Å²) in [6.07, 6.45) is 0.345. The maximum absolute atomic E-state index is 10.6. The van der Waals surface area contributed by atoms with Crippen LogP contribution in [0.25, 0.3) is 0 Å². The lowest BCUT2D eigenvalue weighted by Crippen LogP contribution is -2.40. The lowest BCUT2D eigenvalue weighted by atomic mass is 10.1. The van der Waals surface area contributed by atoms with Gasteiger partial charge in [0.25, 0.3) is 0 Å². The summed E-state index contributed by atoms with van der Waals surface area (Å²) >= 11 is 0. The van der Waals surface area contributed by atoms with Crippen LogP contribution in [0.2, 0.25) is 0 Å². The van der Waals surface area contributed by atoms with Crippen LogP contribution in [0.15, 0.2) is 0 Å². The van der Waals surface area contributed by atoms with Crippen molar-refractivity contribution < 1.29 is 18.9 Å². The summed E-state index contributed by atoms with van der Waals surface area (Å²) in [7, 11) is -4.32. The standard InChI is InChI=1S/C8H18NO4P/c1-8(2,3)9-5-4-7(6-9)13-14(10,11)12/h7H,4-6H2,1-3H3,(H2,10,11,12)/t7-/m1/s1. The first-order valence-electron chi connectivity index (χ1n) is 4.67. The highest BCUT2D eigenvalue weighted by Crippen LogP contribution is 2.40. The van der Waals surface area contributed by atoms with Gasteiger partial charge in [0, 0.05) is 18.6 Å². The smallest absolute Gasteiger partial charge is 0.303 e. The van der Waals surface area contributed by atoms with E-state index >= 15 is 0 Å². The highest BCUT2D eigenvalue weighted by molar-refractivity contribution is 7.46. The minimum Gasteiger partial charge on any atom is -0.303 e. The fourth-order valence-electron chi connectivity index (χ4n) is 1.62. The van der Waals surface area contributed by atoms with E-state index in [1.54, 1.807) is 0 Å². The summed E-state index contributed by atoms with van der Waals surface area (Å²) in [5, 5.41) is 0. The molecule has 0 aromatic heterocycles. The molecule has 1 saturated heterocycles. The number of phosphoric acid groups is 1. The van der Waals surface area contributed by atoms with Gasteiger partial charge in [-0.05, 0) is 27.2 Å². The van der Waals surface area contributed by atoms with Gasteiger partial charge in [-0.3, -0.25) is 9.42 Å². The molecule has 1 fully saturated rings. The summed E-state index contributed by atoms with van der Waals surface area (Å²) < 4.78 is 15.2. The molecule has 0 aromatic rings. The number of hydrogen-bond acceptors (Lipinski definition) is 3. The Labute approximate surface area is 84.3 Å². The number of rotatable bonds is 2. The maximum atomic E-state index is 10.6. The zero-order chi connectivity index (χ0) is 11.0. The Bertz CT molecular complexity index is 244. The summed E-state index contributed by atoms with van der Waals surface area (Å²) in [5.41, 5.74) is 0.0347. The van der Waals surface area contributed by atoms with Crippen molar-refractivity contribution in [2.45, 2.75) is 38.8 Å². The van der Waals surface area contributed by atoms with Crippen LogP contribution in [0.1, 0.15) is 27.2 Å².